The van der Waals surface area contributed by atoms with Crippen LogP contribution < -0.4 is 5.32 Å². The van der Waals surface area contributed by atoms with E-state index in [1.54, 1.807) is 18.2 Å². The Morgan fingerprint density at radius 1 is 1.11 bits per heavy atom. The Hall–Kier alpha value is -3.12. The van der Waals surface area contributed by atoms with E-state index in [1.807, 2.05) is 37.3 Å². The third kappa shape index (κ3) is 3.57. The first-order valence-electron chi connectivity index (χ1n) is 8.46. The van der Waals surface area contributed by atoms with E-state index in [4.69, 9.17) is 20.4 Å². The van der Waals surface area contributed by atoms with Crippen LogP contribution in [-0.2, 0) is 6.42 Å². The van der Waals surface area contributed by atoms with Crippen LogP contribution in [-0.4, -0.2) is 22.6 Å². The zero-order chi connectivity index (χ0) is 18.8. The summed E-state index contributed by atoms with van der Waals surface area (Å²) in [6.07, 6.45) is 0.427. The van der Waals surface area contributed by atoms with Gasteiger partial charge in [-0.3, -0.25) is 4.79 Å². The molecule has 0 aliphatic heterocycles. The third-order valence-electron chi connectivity index (χ3n) is 4.22. The second-order valence-corrected chi connectivity index (χ2v) is 6.51. The molecule has 0 unspecified atom stereocenters. The number of carbonyl (C=O) groups is 1. The van der Waals surface area contributed by atoms with Gasteiger partial charge in [-0.2, -0.15) is 0 Å². The quantitative estimate of drug-likeness (QED) is 0.553. The molecule has 6 nitrogen and oxygen atoms in total. The molecule has 2 aromatic carbocycles. The molecule has 0 saturated carbocycles. The lowest BCUT2D eigenvalue weighted by molar-refractivity contribution is 0.0927. The van der Waals surface area contributed by atoms with Gasteiger partial charge in [0.2, 0.25) is 11.8 Å². The molecule has 27 heavy (non-hydrogen) atoms. The van der Waals surface area contributed by atoms with Crippen LogP contribution in [0.25, 0.3) is 22.4 Å². The number of benzene rings is 2. The zero-order valence-electron chi connectivity index (χ0n) is 14.5. The Balaban J connectivity index is 1.40. The highest BCUT2D eigenvalue weighted by Crippen LogP contribution is 2.27. The van der Waals surface area contributed by atoms with E-state index in [0.29, 0.717) is 35.4 Å². The summed E-state index contributed by atoms with van der Waals surface area (Å²) in [5.41, 5.74) is 2.25. The summed E-state index contributed by atoms with van der Waals surface area (Å²) >= 11 is 6.01. The summed E-state index contributed by atoms with van der Waals surface area (Å²) < 4.78 is 11.3. The fourth-order valence-corrected chi connectivity index (χ4v) is 3.00. The number of halogens is 1. The average molecular weight is 382 g/mol. The normalized spacial score (nSPS) is 11.0. The van der Waals surface area contributed by atoms with E-state index in [0.717, 1.165) is 16.5 Å². The van der Waals surface area contributed by atoms with Gasteiger partial charge in [0.1, 0.15) is 5.58 Å². The van der Waals surface area contributed by atoms with Gasteiger partial charge in [0.15, 0.2) is 5.76 Å². The molecule has 1 N–H and O–H groups in total. The average Bonchev–Trinajstić information content (AvgIpc) is 3.28. The van der Waals surface area contributed by atoms with Crippen LogP contribution >= 0.6 is 11.6 Å². The largest absolute Gasteiger partial charge is 0.451 e. The SMILES string of the molecule is Cc1c(C(=O)NCCc2nnc(-c3ccccc3)o2)oc2ccc(Cl)cc12. The number of aryl methyl sites for hydroxylation is 1. The molecule has 0 aliphatic rings. The van der Waals surface area contributed by atoms with Crippen molar-refractivity contribution in [1.82, 2.24) is 15.5 Å². The van der Waals surface area contributed by atoms with E-state index in [-0.39, 0.29) is 11.7 Å². The van der Waals surface area contributed by atoms with E-state index < -0.39 is 0 Å². The minimum Gasteiger partial charge on any atom is -0.451 e. The van der Waals surface area contributed by atoms with Crippen molar-refractivity contribution in [1.29, 1.82) is 0 Å². The molecule has 0 atom stereocenters. The van der Waals surface area contributed by atoms with Crippen LogP contribution in [0.3, 0.4) is 0 Å². The number of rotatable bonds is 5. The Kier molecular flexibility index (Phi) is 4.64. The molecule has 1 amide bonds. The van der Waals surface area contributed by atoms with Crippen LogP contribution in [0.1, 0.15) is 22.0 Å². The minimum absolute atomic E-state index is 0.280. The molecule has 4 rings (SSSR count). The van der Waals surface area contributed by atoms with Crippen molar-refractivity contribution in [2.45, 2.75) is 13.3 Å². The lowest BCUT2D eigenvalue weighted by atomic mass is 10.1. The Morgan fingerprint density at radius 2 is 1.93 bits per heavy atom. The van der Waals surface area contributed by atoms with Crippen LogP contribution in [0.2, 0.25) is 5.02 Å². The number of fused-ring (bicyclic) bond motifs is 1. The summed E-state index contributed by atoms with van der Waals surface area (Å²) in [5.74, 6) is 0.912. The summed E-state index contributed by atoms with van der Waals surface area (Å²) in [6.45, 7) is 2.19. The first-order valence-corrected chi connectivity index (χ1v) is 8.84. The Bertz CT molecular complexity index is 1100. The van der Waals surface area contributed by atoms with Crippen molar-refractivity contribution in [3.63, 3.8) is 0 Å². The monoisotopic (exact) mass is 381 g/mol. The van der Waals surface area contributed by atoms with Crippen molar-refractivity contribution in [3.8, 4) is 11.5 Å². The van der Waals surface area contributed by atoms with Crippen molar-refractivity contribution < 1.29 is 13.6 Å². The molecule has 0 spiro atoms. The van der Waals surface area contributed by atoms with Crippen LogP contribution in [0.4, 0.5) is 0 Å². The van der Waals surface area contributed by atoms with Gasteiger partial charge >= 0.3 is 0 Å². The van der Waals surface area contributed by atoms with Gasteiger partial charge in [-0.25, -0.2) is 0 Å². The molecular weight excluding hydrogens is 366 g/mol. The Morgan fingerprint density at radius 3 is 2.74 bits per heavy atom. The number of carbonyl (C=O) groups excluding carboxylic acids is 1. The van der Waals surface area contributed by atoms with Gasteiger partial charge in [-0.1, -0.05) is 29.8 Å². The van der Waals surface area contributed by atoms with Gasteiger partial charge in [0, 0.05) is 34.5 Å². The maximum Gasteiger partial charge on any atom is 0.287 e. The first-order chi connectivity index (χ1) is 13.1. The standard InChI is InChI=1S/C20H16ClN3O3/c1-12-15-11-14(21)7-8-16(15)26-18(12)19(25)22-10-9-17-23-24-20(27-17)13-5-3-2-4-6-13/h2-8,11H,9-10H2,1H3,(H,22,25). The number of hydrogen-bond acceptors (Lipinski definition) is 5. The maximum atomic E-state index is 12.4. The highest BCUT2D eigenvalue weighted by Gasteiger charge is 2.18. The van der Waals surface area contributed by atoms with Crippen LogP contribution in [0, 0.1) is 6.92 Å². The molecule has 4 aromatic rings. The smallest absolute Gasteiger partial charge is 0.287 e. The molecule has 0 aliphatic carbocycles. The van der Waals surface area contributed by atoms with Gasteiger partial charge in [0.25, 0.3) is 5.91 Å². The second-order valence-electron chi connectivity index (χ2n) is 6.07. The van der Waals surface area contributed by atoms with Crippen LogP contribution in [0.15, 0.2) is 57.4 Å². The van der Waals surface area contributed by atoms with Crippen molar-refractivity contribution in [2.24, 2.45) is 0 Å². The van der Waals surface area contributed by atoms with Gasteiger partial charge in [0.05, 0.1) is 0 Å². The molecule has 0 saturated heterocycles. The summed E-state index contributed by atoms with van der Waals surface area (Å²) in [5, 5.41) is 12.3. The highest BCUT2D eigenvalue weighted by molar-refractivity contribution is 6.31. The van der Waals surface area contributed by atoms with Gasteiger partial charge < -0.3 is 14.2 Å². The molecular formula is C20H16ClN3O3. The minimum atomic E-state index is -0.289. The van der Waals surface area contributed by atoms with E-state index in [1.165, 1.54) is 0 Å². The van der Waals surface area contributed by atoms with E-state index in [2.05, 4.69) is 15.5 Å². The number of furan rings is 1. The number of nitrogens with zero attached hydrogens (tertiary/aromatic N) is 2. The maximum absolute atomic E-state index is 12.4. The van der Waals surface area contributed by atoms with E-state index >= 15 is 0 Å². The molecule has 0 bridgehead atoms. The fourth-order valence-electron chi connectivity index (χ4n) is 2.82. The number of aromatic nitrogens is 2. The molecule has 2 aromatic heterocycles. The van der Waals surface area contributed by atoms with Crippen molar-refractivity contribution in [2.75, 3.05) is 6.54 Å². The van der Waals surface area contributed by atoms with Crippen molar-refractivity contribution in [3.05, 3.63) is 70.8 Å². The summed E-state index contributed by atoms with van der Waals surface area (Å²) in [4.78, 5) is 12.4. The molecule has 0 fully saturated rings. The molecule has 0 radical (unpaired) electrons. The lowest BCUT2D eigenvalue weighted by Crippen LogP contribution is -2.25. The number of hydrogen-bond donors (Lipinski definition) is 1. The molecule has 7 heteroatoms. The second kappa shape index (κ2) is 7.25. The summed E-state index contributed by atoms with van der Waals surface area (Å²) in [7, 11) is 0. The molecule has 136 valence electrons. The van der Waals surface area contributed by atoms with Gasteiger partial charge in [-0.05, 0) is 37.3 Å². The van der Waals surface area contributed by atoms with E-state index in [9.17, 15) is 4.79 Å². The number of nitrogens with one attached hydrogen (secondary N) is 1. The molecule has 2 heterocycles. The van der Waals surface area contributed by atoms with Crippen molar-refractivity contribution >= 4 is 28.5 Å². The topological polar surface area (TPSA) is 81.2 Å². The lowest BCUT2D eigenvalue weighted by Gasteiger charge is -2.01. The van der Waals surface area contributed by atoms with Crippen LogP contribution in [0.5, 0.6) is 0 Å². The summed E-state index contributed by atoms with van der Waals surface area (Å²) in [6, 6.07) is 14.8. The first kappa shape index (κ1) is 17.3. The fraction of sp³-hybridized carbons (Fsp3) is 0.150. The van der Waals surface area contributed by atoms with Gasteiger partial charge in [-0.15, -0.1) is 10.2 Å². The number of amides is 1. The third-order valence-corrected chi connectivity index (χ3v) is 4.45. The zero-order valence-corrected chi connectivity index (χ0v) is 15.3. The predicted molar refractivity (Wildman–Crippen MR) is 102 cm³/mol. The predicted octanol–water partition coefficient (Wildman–Crippen LogP) is 4.42. The Labute approximate surface area is 160 Å². The highest BCUT2D eigenvalue weighted by atomic mass is 35.5.